The molecule has 0 radical (unpaired) electrons. The standard InChI is InChI=1S/C34H32Cl2N6O5/c35-26-10-8-22(14-27(26)36)17-38-34(47)40(13-12-37)41-20-32(45)42-28(15-21-9-11-29(43)30(44)16-21)33(46)39(19-31(41)42)18-24-6-3-5-23-4-1-2-7-25(23)24/h1-11,14,16,26-28,31,43-44H,13,15,17-20H2,(H,38,47)/t26?,27?,28-,31+/m0/s1. The van der Waals surface area contributed by atoms with Gasteiger partial charge in [-0.1, -0.05) is 66.8 Å². The zero-order chi connectivity index (χ0) is 33.2. The minimum absolute atomic E-state index is 0.0564. The molecule has 0 aromatic heterocycles. The first-order chi connectivity index (χ1) is 22.6. The molecule has 0 spiro atoms. The molecule has 2 heterocycles. The van der Waals surface area contributed by atoms with E-state index in [2.05, 4.69) is 5.32 Å². The maximum absolute atomic E-state index is 14.2. The molecule has 4 amide bonds. The predicted octanol–water partition coefficient (Wildman–Crippen LogP) is 3.84. The number of hydrogen-bond acceptors (Lipinski definition) is 7. The van der Waals surface area contributed by atoms with E-state index in [1.54, 1.807) is 29.2 Å². The van der Waals surface area contributed by atoms with Gasteiger partial charge in [0.15, 0.2) is 11.5 Å². The van der Waals surface area contributed by atoms with Crippen molar-refractivity contribution in [2.75, 3.05) is 26.2 Å². The number of phenolic OH excluding ortho intramolecular Hbond substituents is 2. The quantitative estimate of drug-likeness (QED) is 0.187. The molecule has 13 heteroatoms. The minimum atomic E-state index is -0.973. The van der Waals surface area contributed by atoms with Crippen molar-refractivity contribution in [2.45, 2.75) is 35.9 Å². The molecule has 1 aliphatic carbocycles. The number of halogens is 2. The maximum Gasteiger partial charge on any atom is 0.333 e. The van der Waals surface area contributed by atoms with Crippen LogP contribution in [0.3, 0.4) is 0 Å². The molecular formula is C34H32Cl2N6O5. The fourth-order valence-corrected chi connectivity index (χ4v) is 6.74. The van der Waals surface area contributed by atoms with E-state index in [1.807, 2.05) is 48.5 Å². The third-order valence-electron chi connectivity index (χ3n) is 8.66. The van der Waals surface area contributed by atoms with Gasteiger partial charge < -0.3 is 25.3 Å². The number of nitrogens with one attached hydrogen (secondary N) is 1. The van der Waals surface area contributed by atoms with Crippen molar-refractivity contribution in [1.29, 1.82) is 5.26 Å². The zero-order valence-electron chi connectivity index (χ0n) is 25.2. The van der Waals surface area contributed by atoms with Gasteiger partial charge in [-0.25, -0.2) is 9.80 Å². The number of hydrazine groups is 1. The van der Waals surface area contributed by atoms with Crippen LogP contribution in [0.2, 0.25) is 0 Å². The Morgan fingerprint density at radius 3 is 2.60 bits per heavy atom. The molecule has 11 nitrogen and oxygen atoms in total. The molecule has 2 aliphatic heterocycles. The Kier molecular flexibility index (Phi) is 9.27. The Bertz CT molecular complexity index is 1820. The molecule has 3 aromatic rings. The van der Waals surface area contributed by atoms with Gasteiger partial charge in [0, 0.05) is 19.5 Å². The third-order valence-corrected chi connectivity index (χ3v) is 9.60. The number of nitriles is 1. The summed E-state index contributed by atoms with van der Waals surface area (Å²) < 4.78 is 0. The Morgan fingerprint density at radius 2 is 1.83 bits per heavy atom. The SMILES string of the molecule is N#CCN(C(=O)NCC1=CC(Cl)C(Cl)C=C1)N1CC(=O)N2[C@@H](Cc3ccc(O)c(O)c3)C(=O)N(Cc3cccc4ccccc34)C[C@@H]21. The highest BCUT2D eigenvalue weighted by atomic mass is 35.5. The molecule has 0 bridgehead atoms. The number of carbonyl (C=O) groups excluding carboxylic acids is 3. The van der Waals surface area contributed by atoms with Gasteiger partial charge in [0.05, 0.1) is 29.9 Å². The summed E-state index contributed by atoms with van der Waals surface area (Å²) in [6.07, 6.45) is 4.56. The molecule has 6 rings (SSSR count). The van der Waals surface area contributed by atoms with E-state index in [1.165, 1.54) is 27.1 Å². The van der Waals surface area contributed by atoms with E-state index in [-0.39, 0.29) is 67.8 Å². The number of hydrogen-bond donors (Lipinski definition) is 3. The Hall–Kier alpha value is -4.76. The maximum atomic E-state index is 14.2. The zero-order valence-corrected chi connectivity index (χ0v) is 26.7. The number of nitrogens with zero attached hydrogens (tertiary/aromatic N) is 5. The van der Waals surface area contributed by atoms with Crippen molar-refractivity contribution in [3.05, 3.63) is 95.6 Å². The monoisotopic (exact) mass is 674 g/mol. The number of benzene rings is 3. The number of fused-ring (bicyclic) bond motifs is 2. The minimum Gasteiger partial charge on any atom is -0.504 e. The molecule has 4 atom stereocenters. The smallest absolute Gasteiger partial charge is 0.333 e. The van der Waals surface area contributed by atoms with Crippen molar-refractivity contribution in [2.24, 2.45) is 0 Å². The fraction of sp³-hybridized carbons (Fsp3) is 0.294. The van der Waals surface area contributed by atoms with E-state index in [0.717, 1.165) is 21.9 Å². The predicted molar refractivity (Wildman–Crippen MR) is 176 cm³/mol. The number of phenols is 2. The molecule has 3 aliphatic rings. The molecular weight excluding hydrogens is 643 g/mol. The summed E-state index contributed by atoms with van der Waals surface area (Å²) in [4.78, 5) is 44.6. The van der Waals surface area contributed by atoms with E-state index < -0.39 is 23.6 Å². The van der Waals surface area contributed by atoms with Gasteiger partial charge in [0.25, 0.3) is 0 Å². The summed E-state index contributed by atoms with van der Waals surface area (Å²) in [5.74, 6) is -1.32. The van der Waals surface area contributed by atoms with Gasteiger partial charge >= 0.3 is 6.03 Å². The molecule has 2 fully saturated rings. The van der Waals surface area contributed by atoms with Crippen LogP contribution in [-0.4, -0.2) is 97.0 Å². The highest BCUT2D eigenvalue weighted by Gasteiger charge is 2.52. The number of piperazine rings is 1. The van der Waals surface area contributed by atoms with Crippen LogP contribution < -0.4 is 5.32 Å². The number of allylic oxidation sites excluding steroid dienone is 2. The summed E-state index contributed by atoms with van der Waals surface area (Å²) in [6.45, 7) is -0.116. The second kappa shape index (κ2) is 13.5. The lowest BCUT2D eigenvalue weighted by atomic mass is 9.98. The van der Waals surface area contributed by atoms with Gasteiger partial charge in [-0.15, -0.1) is 23.2 Å². The van der Waals surface area contributed by atoms with Gasteiger partial charge in [-0.3, -0.25) is 9.59 Å². The van der Waals surface area contributed by atoms with E-state index in [0.29, 0.717) is 5.56 Å². The van der Waals surface area contributed by atoms with Crippen LogP contribution in [-0.2, 0) is 22.6 Å². The largest absolute Gasteiger partial charge is 0.504 e. The third kappa shape index (κ3) is 6.58. The van der Waals surface area contributed by atoms with E-state index in [4.69, 9.17) is 23.2 Å². The first-order valence-electron chi connectivity index (χ1n) is 15.1. The average molecular weight is 676 g/mol. The van der Waals surface area contributed by atoms with Crippen molar-refractivity contribution in [1.82, 2.24) is 25.1 Å². The van der Waals surface area contributed by atoms with Crippen LogP contribution in [0.5, 0.6) is 11.5 Å². The normalized spacial score (nSPS) is 22.6. The number of amides is 4. The second-order valence-corrected chi connectivity index (χ2v) is 12.7. The highest BCUT2D eigenvalue weighted by molar-refractivity contribution is 6.31. The molecule has 2 saturated heterocycles. The summed E-state index contributed by atoms with van der Waals surface area (Å²) in [6, 6.07) is 18.5. The molecule has 2 unspecified atom stereocenters. The summed E-state index contributed by atoms with van der Waals surface area (Å²) in [7, 11) is 0. The van der Waals surface area contributed by atoms with Crippen molar-refractivity contribution < 1.29 is 24.6 Å². The molecule has 3 N–H and O–H groups in total. The van der Waals surface area contributed by atoms with Gasteiger partial charge in [0.1, 0.15) is 18.8 Å². The second-order valence-electron chi connectivity index (χ2n) is 11.6. The molecule has 242 valence electrons. The van der Waals surface area contributed by atoms with Crippen molar-refractivity contribution in [3.8, 4) is 17.6 Å². The number of aromatic hydroxyl groups is 2. The van der Waals surface area contributed by atoms with Crippen LogP contribution in [0, 0.1) is 11.3 Å². The Morgan fingerprint density at radius 1 is 1.04 bits per heavy atom. The van der Waals surface area contributed by atoms with Gasteiger partial charge in [-0.05, 0) is 39.6 Å². The van der Waals surface area contributed by atoms with Crippen LogP contribution in [0.1, 0.15) is 11.1 Å². The lowest BCUT2D eigenvalue weighted by Gasteiger charge is -2.46. The Balaban J connectivity index is 1.31. The molecule has 47 heavy (non-hydrogen) atoms. The molecule has 3 aromatic carbocycles. The number of carbonyl (C=O) groups is 3. The van der Waals surface area contributed by atoms with Crippen molar-refractivity contribution in [3.63, 3.8) is 0 Å². The highest BCUT2D eigenvalue weighted by Crippen LogP contribution is 2.33. The summed E-state index contributed by atoms with van der Waals surface area (Å²) >= 11 is 12.4. The van der Waals surface area contributed by atoms with Crippen LogP contribution in [0.4, 0.5) is 4.79 Å². The average Bonchev–Trinajstić information content (AvgIpc) is 3.38. The fourth-order valence-electron chi connectivity index (χ4n) is 6.35. The molecule has 0 saturated carbocycles. The van der Waals surface area contributed by atoms with E-state index in [9.17, 15) is 29.9 Å². The topological polar surface area (TPSA) is 140 Å². The summed E-state index contributed by atoms with van der Waals surface area (Å²) in [5, 5.41) is 36.5. The number of rotatable bonds is 8. The van der Waals surface area contributed by atoms with Crippen LogP contribution >= 0.6 is 23.2 Å². The lowest BCUT2D eigenvalue weighted by molar-refractivity contribution is -0.157. The summed E-state index contributed by atoms with van der Waals surface area (Å²) in [5.41, 5.74) is 2.19. The lowest BCUT2D eigenvalue weighted by Crippen LogP contribution is -2.66. The Labute approximate surface area is 281 Å². The van der Waals surface area contributed by atoms with Crippen LogP contribution in [0.15, 0.2) is 84.5 Å². The number of urea groups is 1. The van der Waals surface area contributed by atoms with Crippen molar-refractivity contribution >= 4 is 51.8 Å². The van der Waals surface area contributed by atoms with Gasteiger partial charge in [0.2, 0.25) is 11.8 Å². The van der Waals surface area contributed by atoms with Crippen LogP contribution in [0.25, 0.3) is 10.8 Å². The van der Waals surface area contributed by atoms with Gasteiger partial charge in [-0.2, -0.15) is 10.3 Å². The number of alkyl halides is 2. The van der Waals surface area contributed by atoms with E-state index >= 15 is 0 Å². The first-order valence-corrected chi connectivity index (χ1v) is 15.9. The first kappa shape index (κ1) is 32.2.